The third-order valence-electron chi connectivity index (χ3n) is 1.18. The maximum Gasteiger partial charge on any atom is 0.228 e. The Morgan fingerprint density at radius 1 is 1.54 bits per heavy atom. The number of halogens is 1. The molecule has 0 bridgehead atoms. The third-order valence-corrected chi connectivity index (χ3v) is 1.84. The van der Waals surface area contributed by atoms with Gasteiger partial charge in [-0.15, -0.1) is 0 Å². The second kappa shape index (κ2) is 5.08. The highest BCUT2D eigenvalue weighted by atomic mass is 79.9. The van der Waals surface area contributed by atoms with Gasteiger partial charge in [0.05, 0.1) is 4.47 Å². The van der Waals surface area contributed by atoms with Crippen molar-refractivity contribution in [3.05, 3.63) is 16.9 Å². The first-order valence-electron chi connectivity index (χ1n) is 3.74. The molecule has 0 amide bonds. The monoisotopic (exact) mass is 260 g/mol. The Hall–Kier alpha value is -0.750. The summed E-state index contributed by atoms with van der Waals surface area (Å²) in [6.45, 7) is 2.75. The van der Waals surface area contributed by atoms with Crippen LogP contribution in [-0.4, -0.2) is 21.6 Å². The molecule has 0 saturated carbocycles. The van der Waals surface area contributed by atoms with E-state index < -0.39 is 0 Å². The van der Waals surface area contributed by atoms with Crippen molar-refractivity contribution in [2.75, 3.05) is 11.9 Å². The van der Waals surface area contributed by atoms with Gasteiger partial charge in [0.1, 0.15) is 0 Å². The van der Waals surface area contributed by atoms with Gasteiger partial charge in [-0.2, -0.15) is 0 Å². The first-order chi connectivity index (χ1) is 6.22. The highest BCUT2D eigenvalue weighted by Crippen LogP contribution is 2.06. The molecule has 6 heteroatoms. The second-order valence-corrected chi connectivity index (χ2v) is 3.53. The Kier molecular flexibility index (Phi) is 4.04. The van der Waals surface area contributed by atoms with E-state index in [1.807, 2.05) is 6.92 Å². The average Bonchev–Trinajstić information content (AvgIpc) is 2.09. The molecule has 0 aliphatic heterocycles. The number of nitrogens with one attached hydrogen (secondary N) is 2. The van der Waals surface area contributed by atoms with Crippen molar-refractivity contribution < 1.29 is 0 Å². The van der Waals surface area contributed by atoms with Crippen LogP contribution in [0, 0.1) is 0 Å². The molecular formula is C7H9BrN4S. The second-order valence-electron chi connectivity index (χ2n) is 2.21. The van der Waals surface area contributed by atoms with Gasteiger partial charge >= 0.3 is 0 Å². The zero-order chi connectivity index (χ0) is 9.68. The quantitative estimate of drug-likeness (QED) is 0.791. The number of rotatable bonds is 2. The number of aromatic nitrogens is 2. The Balaban J connectivity index is 2.54. The maximum absolute atomic E-state index is 4.95. The molecule has 0 aliphatic carbocycles. The topological polar surface area (TPSA) is 49.8 Å². The van der Waals surface area contributed by atoms with Crippen molar-refractivity contribution in [2.24, 2.45) is 0 Å². The van der Waals surface area contributed by atoms with Crippen molar-refractivity contribution in [1.82, 2.24) is 15.3 Å². The van der Waals surface area contributed by atoms with Crippen molar-refractivity contribution in [3.8, 4) is 0 Å². The van der Waals surface area contributed by atoms with Gasteiger partial charge in [0, 0.05) is 18.9 Å². The maximum atomic E-state index is 4.95. The fourth-order valence-electron chi connectivity index (χ4n) is 0.683. The number of hydrogen-bond donors (Lipinski definition) is 2. The lowest BCUT2D eigenvalue weighted by Gasteiger charge is -2.05. The van der Waals surface area contributed by atoms with Gasteiger partial charge in [-0.3, -0.25) is 0 Å². The standard InChI is InChI=1S/C7H9BrN4S/c1-2-9-7(13)12-6-10-3-5(8)4-11-6/h3-4H,2H2,1H3,(H2,9,10,11,12,13). The van der Waals surface area contributed by atoms with Gasteiger partial charge in [-0.25, -0.2) is 9.97 Å². The molecule has 1 heterocycles. The Bertz CT molecular complexity index is 287. The normalized spacial score (nSPS) is 9.38. The minimum Gasteiger partial charge on any atom is -0.363 e. The smallest absolute Gasteiger partial charge is 0.228 e. The summed E-state index contributed by atoms with van der Waals surface area (Å²) in [6.07, 6.45) is 3.31. The van der Waals surface area contributed by atoms with E-state index in [2.05, 4.69) is 36.5 Å². The lowest BCUT2D eigenvalue weighted by molar-refractivity contribution is 0.975. The number of hydrogen-bond acceptors (Lipinski definition) is 3. The van der Waals surface area contributed by atoms with Crippen LogP contribution < -0.4 is 10.6 Å². The van der Waals surface area contributed by atoms with Crippen LogP contribution in [0.4, 0.5) is 5.95 Å². The summed E-state index contributed by atoms with van der Waals surface area (Å²) < 4.78 is 0.840. The molecule has 0 atom stereocenters. The Morgan fingerprint density at radius 2 is 2.15 bits per heavy atom. The molecule has 0 aromatic carbocycles. The van der Waals surface area contributed by atoms with Crippen LogP contribution in [0.15, 0.2) is 16.9 Å². The fraction of sp³-hybridized carbons (Fsp3) is 0.286. The molecule has 0 aliphatic rings. The first kappa shape index (κ1) is 10.3. The Labute approximate surface area is 90.3 Å². The Morgan fingerprint density at radius 3 is 2.69 bits per heavy atom. The van der Waals surface area contributed by atoms with Gasteiger partial charge in [-0.05, 0) is 35.1 Å². The molecule has 1 aromatic rings. The molecule has 70 valence electrons. The molecule has 13 heavy (non-hydrogen) atoms. The van der Waals surface area contributed by atoms with Crippen molar-refractivity contribution in [3.63, 3.8) is 0 Å². The van der Waals surface area contributed by atoms with Gasteiger partial charge in [0.2, 0.25) is 5.95 Å². The summed E-state index contributed by atoms with van der Waals surface area (Å²) in [5.74, 6) is 0.495. The van der Waals surface area contributed by atoms with E-state index in [1.54, 1.807) is 12.4 Å². The SMILES string of the molecule is CCNC(=S)Nc1ncc(Br)cn1. The third kappa shape index (κ3) is 3.65. The first-order valence-corrected chi connectivity index (χ1v) is 4.95. The predicted octanol–water partition coefficient (Wildman–Crippen LogP) is 1.55. The van der Waals surface area contributed by atoms with Crippen LogP contribution in [0.2, 0.25) is 0 Å². The molecule has 0 unspecified atom stereocenters. The van der Waals surface area contributed by atoms with Crippen LogP contribution >= 0.6 is 28.1 Å². The van der Waals surface area contributed by atoms with E-state index in [1.165, 1.54) is 0 Å². The summed E-state index contributed by atoms with van der Waals surface area (Å²) >= 11 is 8.20. The van der Waals surface area contributed by atoms with Gasteiger partial charge in [0.25, 0.3) is 0 Å². The van der Waals surface area contributed by atoms with Gasteiger partial charge in [0.15, 0.2) is 5.11 Å². The summed E-state index contributed by atoms with van der Waals surface area (Å²) in [7, 11) is 0. The number of thiocarbonyl (C=S) groups is 1. The van der Waals surface area contributed by atoms with E-state index in [0.29, 0.717) is 11.1 Å². The zero-order valence-electron chi connectivity index (χ0n) is 7.04. The highest BCUT2D eigenvalue weighted by molar-refractivity contribution is 9.10. The molecule has 1 rings (SSSR count). The van der Waals surface area contributed by atoms with Crippen LogP contribution in [-0.2, 0) is 0 Å². The molecule has 2 N–H and O–H groups in total. The number of nitrogens with zero attached hydrogens (tertiary/aromatic N) is 2. The molecule has 0 radical (unpaired) electrons. The van der Waals surface area contributed by atoms with Crippen molar-refractivity contribution >= 4 is 39.2 Å². The lowest BCUT2D eigenvalue weighted by atomic mass is 10.7. The summed E-state index contributed by atoms with van der Waals surface area (Å²) in [6, 6.07) is 0. The van der Waals surface area contributed by atoms with Crippen LogP contribution in [0.3, 0.4) is 0 Å². The molecule has 0 fully saturated rings. The van der Waals surface area contributed by atoms with Crippen molar-refractivity contribution in [1.29, 1.82) is 0 Å². The van der Waals surface area contributed by atoms with Gasteiger partial charge < -0.3 is 10.6 Å². The fourth-order valence-corrected chi connectivity index (χ4v) is 1.12. The number of anilines is 1. The predicted molar refractivity (Wildman–Crippen MR) is 59.6 cm³/mol. The minimum atomic E-state index is 0.495. The van der Waals surface area contributed by atoms with Crippen LogP contribution in [0.5, 0.6) is 0 Å². The highest BCUT2D eigenvalue weighted by Gasteiger charge is 1.97. The molecule has 1 aromatic heterocycles. The van der Waals surface area contributed by atoms with E-state index in [-0.39, 0.29) is 0 Å². The molecular weight excluding hydrogens is 252 g/mol. The van der Waals surface area contributed by atoms with E-state index in [4.69, 9.17) is 12.2 Å². The van der Waals surface area contributed by atoms with E-state index >= 15 is 0 Å². The largest absolute Gasteiger partial charge is 0.363 e. The molecule has 4 nitrogen and oxygen atoms in total. The average molecular weight is 261 g/mol. The van der Waals surface area contributed by atoms with Crippen molar-refractivity contribution in [2.45, 2.75) is 6.92 Å². The van der Waals surface area contributed by atoms with E-state index in [9.17, 15) is 0 Å². The van der Waals surface area contributed by atoms with Crippen LogP contribution in [0.1, 0.15) is 6.92 Å². The minimum absolute atomic E-state index is 0.495. The summed E-state index contributed by atoms with van der Waals surface area (Å²) in [5, 5.41) is 6.32. The summed E-state index contributed by atoms with van der Waals surface area (Å²) in [5.41, 5.74) is 0. The van der Waals surface area contributed by atoms with E-state index in [0.717, 1.165) is 11.0 Å². The zero-order valence-corrected chi connectivity index (χ0v) is 9.44. The van der Waals surface area contributed by atoms with Crippen LogP contribution in [0.25, 0.3) is 0 Å². The van der Waals surface area contributed by atoms with Gasteiger partial charge in [-0.1, -0.05) is 0 Å². The molecule has 0 spiro atoms. The lowest BCUT2D eigenvalue weighted by Crippen LogP contribution is -2.28. The summed E-state index contributed by atoms with van der Waals surface area (Å²) in [4.78, 5) is 8.01. The molecule has 0 saturated heterocycles.